The fourth-order valence-electron chi connectivity index (χ4n) is 1.46. The number of pyridine rings is 1. The molecule has 0 unspecified atom stereocenters. The maximum absolute atomic E-state index is 12.1. The van der Waals surface area contributed by atoms with E-state index in [0.717, 1.165) is 0 Å². The van der Waals surface area contributed by atoms with Gasteiger partial charge in [-0.3, -0.25) is 4.98 Å². The van der Waals surface area contributed by atoms with Crippen LogP contribution in [-0.4, -0.2) is 44.0 Å². The van der Waals surface area contributed by atoms with E-state index in [0.29, 0.717) is 31.3 Å². The minimum absolute atomic E-state index is 0.183. The Morgan fingerprint density at radius 3 is 2.56 bits per heavy atom. The summed E-state index contributed by atoms with van der Waals surface area (Å²) in [5, 5.41) is 0.390. The van der Waals surface area contributed by atoms with Crippen LogP contribution in [0.5, 0.6) is 0 Å². The molecule has 1 saturated heterocycles. The summed E-state index contributed by atoms with van der Waals surface area (Å²) in [6.07, 6.45) is 1.30. The molecule has 0 saturated carbocycles. The highest BCUT2D eigenvalue weighted by Gasteiger charge is 2.26. The van der Waals surface area contributed by atoms with E-state index in [2.05, 4.69) is 4.98 Å². The number of hydrogen-bond donors (Lipinski definition) is 0. The predicted octanol–water partition coefficient (Wildman–Crippen LogP) is 0.00830. The molecule has 7 heteroatoms. The summed E-state index contributed by atoms with van der Waals surface area (Å²) < 4.78 is 30.7. The zero-order valence-electron chi connectivity index (χ0n) is 8.50. The first kappa shape index (κ1) is 11.7. The Morgan fingerprint density at radius 2 is 2.00 bits per heavy atom. The maximum Gasteiger partial charge on any atom is 0.244 e. The third-order valence-electron chi connectivity index (χ3n) is 2.32. The number of sulfonamides is 1. The van der Waals surface area contributed by atoms with Crippen molar-refractivity contribution in [3.05, 3.63) is 18.3 Å². The van der Waals surface area contributed by atoms with Gasteiger partial charge in [0.2, 0.25) is 10.0 Å². The van der Waals surface area contributed by atoms with Gasteiger partial charge >= 0.3 is 0 Å². The molecule has 1 aromatic rings. The highest BCUT2D eigenvalue weighted by molar-refractivity contribution is 7.89. The lowest BCUT2D eigenvalue weighted by Gasteiger charge is -2.26. The van der Waals surface area contributed by atoms with Gasteiger partial charge < -0.3 is 17.4 Å². The van der Waals surface area contributed by atoms with Crippen molar-refractivity contribution in [3.63, 3.8) is 0 Å². The van der Waals surface area contributed by atoms with Gasteiger partial charge in [0.1, 0.15) is 4.90 Å². The van der Waals surface area contributed by atoms with E-state index < -0.39 is 10.0 Å². The summed E-state index contributed by atoms with van der Waals surface area (Å²) in [6, 6.07) is 3.00. The Kier molecular flexibility index (Phi) is 3.38. The molecule has 16 heavy (non-hydrogen) atoms. The van der Waals surface area contributed by atoms with Crippen molar-refractivity contribution in [2.45, 2.75) is 9.92 Å². The van der Waals surface area contributed by atoms with Gasteiger partial charge in [0.05, 0.1) is 13.2 Å². The van der Waals surface area contributed by atoms with E-state index in [1.807, 2.05) is 0 Å². The summed E-state index contributed by atoms with van der Waals surface area (Å²) in [5.41, 5.74) is 0. The van der Waals surface area contributed by atoms with Gasteiger partial charge in [-0.1, -0.05) is 11.1 Å². The summed E-state index contributed by atoms with van der Waals surface area (Å²) in [5.74, 6) is 0. The zero-order chi connectivity index (χ0) is 11.6. The van der Waals surface area contributed by atoms with Crippen LogP contribution in [0.1, 0.15) is 0 Å². The molecular formula is C9H11N2O3S2-. The van der Waals surface area contributed by atoms with Crippen LogP contribution in [0.25, 0.3) is 0 Å². The molecule has 5 nitrogen and oxygen atoms in total. The lowest BCUT2D eigenvalue weighted by molar-refractivity contribution is 0.0730. The SMILES string of the molecule is O=S(=O)(c1ccc([S-])nc1)N1CCOCC1. The second kappa shape index (κ2) is 4.62. The third kappa shape index (κ3) is 2.32. The summed E-state index contributed by atoms with van der Waals surface area (Å²) in [4.78, 5) is 4.00. The highest BCUT2D eigenvalue weighted by atomic mass is 32.2. The van der Waals surface area contributed by atoms with Gasteiger partial charge in [-0.25, -0.2) is 8.42 Å². The monoisotopic (exact) mass is 259 g/mol. The van der Waals surface area contributed by atoms with Crippen molar-refractivity contribution in [2.75, 3.05) is 26.3 Å². The minimum atomic E-state index is -3.43. The van der Waals surface area contributed by atoms with Crippen LogP contribution in [-0.2, 0) is 27.4 Å². The number of rotatable bonds is 2. The van der Waals surface area contributed by atoms with Gasteiger partial charge in [0.15, 0.2) is 0 Å². The van der Waals surface area contributed by atoms with Crippen LogP contribution in [0, 0.1) is 0 Å². The molecule has 1 aromatic heterocycles. The number of morpholine rings is 1. The van der Waals surface area contributed by atoms with Crippen LogP contribution in [0.3, 0.4) is 0 Å². The molecular weight excluding hydrogens is 248 g/mol. The first-order chi connectivity index (χ1) is 7.60. The molecule has 0 radical (unpaired) electrons. The number of nitrogens with zero attached hydrogens (tertiary/aromatic N) is 2. The highest BCUT2D eigenvalue weighted by Crippen LogP contribution is 2.16. The average Bonchev–Trinajstić information content (AvgIpc) is 2.31. The van der Waals surface area contributed by atoms with Gasteiger partial charge in [-0.2, -0.15) is 4.31 Å². The Bertz CT molecular complexity index is 452. The molecule has 0 amide bonds. The van der Waals surface area contributed by atoms with E-state index in [-0.39, 0.29) is 4.90 Å². The molecule has 1 aliphatic heterocycles. The normalized spacial score (nSPS) is 18.5. The van der Waals surface area contributed by atoms with Crippen molar-refractivity contribution >= 4 is 22.7 Å². The van der Waals surface area contributed by atoms with E-state index in [1.54, 1.807) is 0 Å². The Balaban J connectivity index is 2.27. The van der Waals surface area contributed by atoms with Crippen LogP contribution in [0.4, 0.5) is 0 Å². The van der Waals surface area contributed by atoms with Gasteiger partial charge in [-0.15, -0.1) is 0 Å². The van der Waals surface area contributed by atoms with E-state index in [9.17, 15) is 8.42 Å². The Hall–Kier alpha value is -0.760. The second-order valence-electron chi connectivity index (χ2n) is 3.35. The lowest BCUT2D eigenvalue weighted by atomic mass is 10.5. The van der Waals surface area contributed by atoms with Crippen LogP contribution in [0.15, 0.2) is 28.3 Å². The molecule has 0 bridgehead atoms. The predicted molar refractivity (Wildman–Crippen MR) is 59.4 cm³/mol. The Labute approximate surface area is 99.9 Å². The van der Waals surface area contributed by atoms with Gasteiger partial charge in [0, 0.05) is 19.3 Å². The van der Waals surface area contributed by atoms with Crippen LogP contribution >= 0.6 is 0 Å². The van der Waals surface area contributed by atoms with Gasteiger partial charge in [-0.05, 0) is 6.07 Å². The second-order valence-corrected chi connectivity index (χ2v) is 5.70. The first-order valence-electron chi connectivity index (χ1n) is 4.82. The van der Waals surface area contributed by atoms with E-state index in [4.69, 9.17) is 17.4 Å². The van der Waals surface area contributed by atoms with Crippen molar-refractivity contribution in [1.29, 1.82) is 0 Å². The third-order valence-corrected chi connectivity index (χ3v) is 4.44. The summed E-state index contributed by atoms with van der Waals surface area (Å²) >= 11 is 4.81. The standard InChI is InChI=1S/C9H12N2O3S2/c12-16(13,11-3-5-14-6-4-11)8-1-2-9(15)10-7-8/h1-2,7H,3-6H2,(H,10,15)/p-1. The lowest BCUT2D eigenvalue weighted by Crippen LogP contribution is -2.40. The fourth-order valence-corrected chi connectivity index (χ4v) is 2.93. The smallest absolute Gasteiger partial charge is 0.244 e. The average molecular weight is 259 g/mol. The molecule has 1 aliphatic rings. The summed E-state index contributed by atoms with van der Waals surface area (Å²) in [6.45, 7) is 1.65. The van der Waals surface area contributed by atoms with Crippen molar-refractivity contribution in [3.8, 4) is 0 Å². The van der Waals surface area contributed by atoms with Crippen LogP contribution in [0.2, 0.25) is 0 Å². The summed E-state index contributed by atoms with van der Waals surface area (Å²) in [7, 11) is -3.43. The molecule has 0 aromatic carbocycles. The number of hydrogen-bond acceptors (Lipinski definition) is 5. The minimum Gasteiger partial charge on any atom is -0.760 e. The van der Waals surface area contributed by atoms with E-state index >= 15 is 0 Å². The molecule has 0 spiro atoms. The largest absolute Gasteiger partial charge is 0.760 e. The van der Waals surface area contributed by atoms with Crippen molar-refractivity contribution in [1.82, 2.24) is 9.29 Å². The molecule has 88 valence electrons. The maximum atomic E-state index is 12.1. The molecule has 2 rings (SSSR count). The molecule has 0 atom stereocenters. The van der Waals surface area contributed by atoms with Crippen molar-refractivity contribution in [2.24, 2.45) is 0 Å². The Morgan fingerprint density at radius 1 is 1.31 bits per heavy atom. The van der Waals surface area contributed by atoms with Crippen LogP contribution < -0.4 is 0 Å². The van der Waals surface area contributed by atoms with Gasteiger partial charge in [0.25, 0.3) is 0 Å². The topological polar surface area (TPSA) is 59.5 Å². The number of ether oxygens (including phenoxy) is 1. The van der Waals surface area contributed by atoms with Crippen molar-refractivity contribution < 1.29 is 13.2 Å². The molecule has 0 aliphatic carbocycles. The fraction of sp³-hybridized carbons (Fsp3) is 0.444. The number of aromatic nitrogens is 1. The zero-order valence-corrected chi connectivity index (χ0v) is 10.1. The molecule has 2 heterocycles. The quantitative estimate of drug-likeness (QED) is 0.700. The first-order valence-corrected chi connectivity index (χ1v) is 6.66. The van der Waals surface area contributed by atoms with E-state index in [1.165, 1.54) is 22.6 Å². The molecule has 1 fully saturated rings. The molecule has 0 N–H and O–H groups in total.